The second-order valence-electron chi connectivity index (χ2n) is 4.38. The summed E-state index contributed by atoms with van der Waals surface area (Å²) in [5.41, 5.74) is 1.01. The number of ether oxygens (including phenoxy) is 2. The Morgan fingerprint density at radius 1 is 1.28 bits per heavy atom. The van der Waals surface area contributed by atoms with Crippen molar-refractivity contribution in [3.05, 3.63) is 22.8 Å². The minimum absolute atomic E-state index is 0.0639. The van der Waals surface area contributed by atoms with E-state index < -0.39 is 23.5 Å². The van der Waals surface area contributed by atoms with Gasteiger partial charge in [-0.3, -0.25) is 4.79 Å². The normalized spacial score (nSPS) is 20.0. The SMILES string of the molecule is O=C(O)CC1COc2c(F)c(F)c3c(c21)CCO3. The maximum Gasteiger partial charge on any atom is 0.304 e. The standard InChI is InChI=1S/C12H10F2O4/c13-9-10(14)12-8(6-1-2-17-11(6)9)5(4-18-12)3-7(15)16/h5H,1-4H2,(H,15,16). The van der Waals surface area contributed by atoms with E-state index in [1.54, 1.807) is 0 Å². The lowest BCUT2D eigenvalue weighted by Gasteiger charge is -2.11. The summed E-state index contributed by atoms with van der Waals surface area (Å²) in [6, 6.07) is 0. The molecule has 0 aliphatic carbocycles. The number of aliphatic carboxylic acids is 1. The summed E-state index contributed by atoms with van der Waals surface area (Å²) in [5, 5.41) is 8.82. The van der Waals surface area contributed by atoms with Crippen LogP contribution in [0.2, 0.25) is 0 Å². The number of halogens is 2. The number of carboxylic acids is 1. The Labute approximate surface area is 101 Å². The topological polar surface area (TPSA) is 55.8 Å². The van der Waals surface area contributed by atoms with Crippen molar-refractivity contribution < 1.29 is 28.2 Å². The molecule has 1 unspecified atom stereocenters. The van der Waals surface area contributed by atoms with E-state index in [1.165, 1.54) is 0 Å². The lowest BCUT2D eigenvalue weighted by Crippen LogP contribution is -2.08. The van der Waals surface area contributed by atoms with Crippen LogP contribution >= 0.6 is 0 Å². The summed E-state index contributed by atoms with van der Waals surface area (Å²) >= 11 is 0. The van der Waals surface area contributed by atoms with Crippen LogP contribution in [-0.4, -0.2) is 24.3 Å². The van der Waals surface area contributed by atoms with E-state index in [0.717, 1.165) is 0 Å². The lowest BCUT2D eigenvalue weighted by atomic mass is 9.91. The first-order valence-electron chi connectivity index (χ1n) is 5.60. The molecule has 0 amide bonds. The number of carbonyl (C=O) groups is 1. The molecule has 1 atom stereocenters. The van der Waals surface area contributed by atoms with Gasteiger partial charge in [-0.1, -0.05) is 0 Å². The van der Waals surface area contributed by atoms with Gasteiger partial charge in [0.1, 0.15) is 0 Å². The molecule has 2 heterocycles. The number of fused-ring (bicyclic) bond motifs is 3. The number of carboxylic acid groups (broad SMARTS) is 1. The smallest absolute Gasteiger partial charge is 0.304 e. The zero-order chi connectivity index (χ0) is 12.9. The van der Waals surface area contributed by atoms with Crippen LogP contribution in [0.25, 0.3) is 0 Å². The van der Waals surface area contributed by atoms with E-state index in [4.69, 9.17) is 14.6 Å². The maximum absolute atomic E-state index is 13.7. The highest BCUT2D eigenvalue weighted by molar-refractivity contribution is 5.69. The summed E-state index contributed by atoms with van der Waals surface area (Å²) in [5.74, 6) is -3.80. The van der Waals surface area contributed by atoms with Crippen molar-refractivity contribution in [3.63, 3.8) is 0 Å². The van der Waals surface area contributed by atoms with Gasteiger partial charge in [-0.2, -0.15) is 8.78 Å². The molecule has 4 nitrogen and oxygen atoms in total. The lowest BCUT2D eigenvalue weighted by molar-refractivity contribution is -0.137. The molecule has 3 rings (SSSR count). The fourth-order valence-corrected chi connectivity index (χ4v) is 2.58. The third-order valence-corrected chi connectivity index (χ3v) is 3.29. The van der Waals surface area contributed by atoms with Gasteiger partial charge in [0.25, 0.3) is 0 Å². The summed E-state index contributed by atoms with van der Waals surface area (Å²) < 4.78 is 37.6. The van der Waals surface area contributed by atoms with Crippen LogP contribution in [0.1, 0.15) is 23.5 Å². The molecule has 1 aromatic rings. The Morgan fingerprint density at radius 3 is 2.72 bits per heavy atom. The number of rotatable bonds is 2. The van der Waals surface area contributed by atoms with Crippen molar-refractivity contribution in [2.75, 3.05) is 13.2 Å². The predicted molar refractivity (Wildman–Crippen MR) is 56.0 cm³/mol. The molecule has 2 aliphatic heterocycles. The van der Waals surface area contributed by atoms with Gasteiger partial charge in [-0.05, 0) is 0 Å². The first-order chi connectivity index (χ1) is 8.59. The average molecular weight is 256 g/mol. The molecule has 0 radical (unpaired) electrons. The van der Waals surface area contributed by atoms with Crippen molar-refractivity contribution in [1.82, 2.24) is 0 Å². The Morgan fingerprint density at radius 2 is 2.00 bits per heavy atom. The van der Waals surface area contributed by atoms with E-state index in [9.17, 15) is 13.6 Å². The summed E-state index contributed by atoms with van der Waals surface area (Å²) in [7, 11) is 0. The Hall–Kier alpha value is -1.85. The van der Waals surface area contributed by atoms with Crippen molar-refractivity contribution in [2.24, 2.45) is 0 Å². The highest BCUT2D eigenvalue weighted by Crippen LogP contribution is 2.47. The van der Waals surface area contributed by atoms with Crippen LogP contribution in [0, 0.1) is 11.6 Å². The van der Waals surface area contributed by atoms with Crippen LogP contribution in [0.3, 0.4) is 0 Å². The molecule has 0 saturated heterocycles. The fourth-order valence-electron chi connectivity index (χ4n) is 2.58. The molecule has 0 bridgehead atoms. The maximum atomic E-state index is 13.7. The molecule has 0 fully saturated rings. The molecular formula is C12H10F2O4. The number of hydrogen-bond acceptors (Lipinski definition) is 3. The van der Waals surface area contributed by atoms with Crippen LogP contribution in [0.4, 0.5) is 8.78 Å². The van der Waals surface area contributed by atoms with Gasteiger partial charge < -0.3 is 14.6 Å². The monoisotopic (exact) mass is 256 g/mol. The molecule has 0 spiro atoms. The van der Waals surface area contributed by atoms with Crippen LogP contribution in [0.15, 0.2) is 0 Å². The minimum atomic E-state index is -1.08. The van der Waals surface area contributed by atoms with Crippen LogP contribution in [-0.2, 0) is 11.2 Å². The summed E-state index contributed by atoms with van der Waals surface area (Å²) in [6.45, 7) is 0.344. The van der Waals surface area contributed by atoms with Gasteiger partial charge in [0.15, 0.2) is 11.5 Å². The molecule has 0 aromatic heterocycles. The molecule has 0 saturated carbocycles. The van der Waals surface area contributed by atoms with Gasteiger partial charge in [0.2, 0.25) is 11.6 Å². The number of benzene rings is 1. The molecule has 2 aliphatic rings. The van der Waals surface area contributed by atoms with E-state index in [2.05, 4.69) is 0 Å². The van der Waals surface area contributed by atoms with Crippen LogP contribution in [0.5, 0.6) is 11.5 Å². The molecule has 1 aromatic carbocycles. The zero-order valence-corrected chi connectivity index (χ0v) is 9.33. The zero-order valence-electron chi connectivity index (χ0n) is 9.33. The molecule has 18 heavy (non-hydrogen) atoms. The third-order valence-electron chi connectivity index (χ3n) is 3.29. The second-order valence-corrected chi connectivity index (χ2v) is 4.38. The molecular weight excluding hydrogens is 246 g/mol. The molecule has 1 N–H and O–H groups in total. The molecule has 96 valence electrons. The van der Waals surface area contributed by atoms with Gasteiger partial charge in [0.05, 0.1) is 19.6 Å². The summed E-state index contributed by atoms with van der Waals surface area (Å²) in [6.07, 6.45) is 0.291. The Bertz CT molecular complexity index is 542. The van der Waals surface area contributed by atoms with Crippen LogP contribution < -0.4 is 9.47 Å². The van der Waals surface area contributed by atoms with Gasteiger partial charge in [-0.15, -0.1) is 0 Å². The second kappa shape index (κ2) is 3.83. The third kappa shape index (κ3) is 1.45. The molecule has 6 heteroatoms. The van der Waals surface area contributed by atoms with E-state index in [0.29, 0.717) is 17.5 Å². The Balaban J connectivity index is 2.15. The van der Waals surface area contributed by atoms with Crippen molar-refractivity contribution >= 4 is 5.97 Å². The van der Waals surface area contributed by atoms with Gasteiger partial charge in [0, 0.05) is 23.5 Å². The first-order valence-corrected chi connectivity index (χ1v) is 5.60. The predicted octanol–water partition coefficient (Wildman–Crippen LogP) is 1.85. The average Bonchev–Trinajstić information content (AvgIpc) is 2.91. The fraction of sp³-hybridized carbons (Fsp3) is 0.417. The quantitative estimate of drug-likeness (QED) is 0.877. The van der Waals surface area contributed by atoms with Crippen molar-refractivity contribution in [3.8, 4) is 11.5 Å². The van der Waals surface area contributed by atoms with E-state index in [-0.39, 0.29) is 31.1 Å². The van der Waals surface area contributed by atoms with Crippen molar-refractivity contribution in [1.29, 1.82) is 0 Å². The largest absolute Gasteiger partial charge is 0.490 e. The van der Waals surface area contributed by atoms with Gasteiger partial charge >= 0.3 is 5.97 Å². The van der Waals surface area contributed by atoms with Gasteiger partial charge in [-0.25, -0.2) is 0 Å². The Kier molecular flexibility index (Phi) is 2.39. The number of hydrogen-bond donors (Lipinski definition) is 1. The minimum Gasteiger partial charge on any atom is -0.490 e. The van der Waals surface area contributed by atoms with E-state index >= 15 is 0 Å². The first kappa shape index (κ1) is 11.3. The highest BCUT2D eigenvalue weighted by Gasteiger charge is 2.38. The van der Waals surface area contributed by atoms with Crippen molar-refractivity contribution in [2.45, 2.75) is 18.8 Å². The van der Waals surface area contributed by atoms with E-state index in [1.807, 2.05) is 0 Å². The highest BCUT2D eigenvalue weighted by atomic mass is 19.2. The summed E-state index contributed by atoms with van der Waals surface area (Å²) in [4.78, 5) is 10.8.